The van der Waals surface area contributed by atoms with Gasteiger partial charge in [0.25, 0.3) is 0 Å². The average Bonchev–Trinajstić information content (AvgIpc) is 2.56. The summed E-state index contributed by atoms with van der Waals surface area (Å²) in [4.78, 5) is 14.4. The van der Waals surface area contributed by atoms with Crippen LogP contribution in [0.25, 0.3) is 0 Å². The van der Waals surface area contributed by atoms with Gasteiger partial charge in [-0.2, -0.15) is 0 Å². The fraction of sp³-hybridized carbons (Fsp3) is 0.929. The lowest BCUT2D eigenvalue weighted by Crippen LogP contribution is -2.39. The standard InChI is InChI=1S/C14H28N2O/c1-6-8-16-12(9-10(3)4)15-13(14(16)17)11(5)7-2/h10-13,15H,6-9H2,1-5H3. The van der Waals surface area contributed by atoms with Gasteiger partial charge in [-0.3, -0.25) is 10.1 Å². The molecule has 1 aliphatic rings. The van der Waals surface area contributed by atoms with Gasteiger partial charge in [-0.05, 0) is 24.7 Å². The first-order valence-corrected chi connectivity index (χ1v) is 7.07. The molecule has 1 aliphatic heterocycles. The van der Waals surface area contributed by atoms with Gasteiger partial charge in [0.15, 0.2) is 0 Å². The lowest BCUT2D eigenvalue weighted by atomic mass is 9.99. The highest BCUT2D eigenvalue weighted by molar-refractivity contribution is 5.84. The van der Waals surface area contributed by atoms with Crippen LogP contribution in [0.2, 0.25) is 0 Å². The van der Waals surface area contributed by atoms with E-state index in [2.05, 4.69) is 44.8 Å². The first kappa shape index (κ1) is 14.5. The van der Waals surface area contributed by atoms with Gasteiger partial charge in [0.1, 0.15) is 0 Å². The zero-order chi connectivity index (χ0) is 13.0. The van der Waals surface area contributed by atoms with Gasteiger partial charge in [0.05, 0.1) is 12.2 Å². The van der Waals surface area contributed by atoms with Crippen LogP contribution in [0.1, 0.15) is 53.9 Å². The number of carbonyl (C=O) groups excluding carboxylic acids is 1. The molecule has 1 rings (SSSR count). The zero-order valence-electron chi connectivity index (χ0n) is 12.0. The van der Waals surface area contributed by atoms with E-state index in [1.165, 1.54) is 0 Å². The van der Waals surface area contributed by atoms with Gasteiger partial charge < -0.3 is 4.90 Å². The van der Waals surface area contributed by atoms with Crippen molar-refractivity contribution in [3.05, 3.63) is 0 Å². The molecule has 3 unspecified atom stereocenters. The number of nitrogens with zero attached hydrogens (tertiary/aromatic N) is 1. The summed E-state index contributed by atoms with van der Waals surface area (Å²) in [5.74, 6) is 1.36. The number of rotatable bonds is 6. The minimum Gasteiger partial charge on any atom is -0.326 e. The Labute approximate surface area is 106 Å². The molecule has 0 spiro atoms. The van der Waals surface area contributed by atoms with Gasteiger partial charge in [-0.1, -0.05) is 41.0 Å². The summed E-state index contributed by atoms with van der Waals surface area (Å²) >= 11 is 0. The Morgan fingerprint density at radius 3 is 2.41 bits per heavy atom. The van der Waals surface area contributed by atoms with E-state index in [9.17, 15) is 4.79 Å². The van der Waals surface area contributed by atoms with E-state index in [4.69, 9.17) is 0 Å². The van der Waals surface area contributed by atoms with Crippen LogP contribution in [0.3, 0.4) is 0 Å². The molecular formula is C14H28N2O. The molecule has 3 atom stereocenters. The fourth-order valence-corrected chi connectivity index (χ4v) is 2.49. The number of hydrogen-bond donors (Lipinski definition) is 1. The summed E-state index contributed by atoms with van der Waals surface area (Å²) in [6, 6.07) is 0.0373. The van der Waals surface area contributed by atoms with Crippen molar-refractivity contribution >= 4 is 5.91 Å². The van der Waals surface area contributed by atoms with Crippen molar-refractivity contribution in [3.8, 4) is 0 Å². The summed E-state index contributed by atoms with van der Waals surface area (Å²) in [6.45, 7) is 11.8. The predicted molar refractivity (Wildman–Crippen MR) is 71.6 cm³/mol. The molecule has 0 aromatic carbocycles. The van der Waals surface area contributed by atoms with Crippen LogP contribution in [0.15, 0.2) is 0 Å². The summed E-state index contributed by atoms with van der Waals surface area (Å²) in [5.41, 5.74) is 0. The van der Waals surface area contributed by atoms with E-state index in [1.54, 1.807) is 0 Å². The first-order chi connectivity index (χ1) is 8.01. The third kappa shape index (κ3) is 3.44. The van der Waals surface area contributed by atoms with Crippen molar-refractivity contribution in [2.45, 2.75) is 66.1 Å². The van der Waals surface area contributed by atoms with Crippen molar-refractivity contribution in [2.75, 3.05) is 6.54 Å². The maximum atomic E-state index is 12.4. The van der Waals surface area contributed by atoms with Crippen molar-refractivity contribution in [3.63, 3.8) is 0 Å². The lowest BCUT2D eigenvalue weighted by molar-refractivity contribution is -0.131. The fourth-order valence-electron chi connectivity index (χ4n) is 2.49. The van der Waals surface area contributed by atoms with Crippen molar-refractivity contribution in [2.24, 2.45) is 11.8 Å². The Balaban J connectivity index is 2.73. The second kappa shape index (κ2) is 6.39. The molecule has 1 N–H and O–H groups in total. The van der Waals surface area contributed by atoms with E-state index >= 15 is 0 Å². The highest BCUT2D eigenvalue weighted by Gasteiger charge is 2.40. The first-order valence-electron chi connectivity index (χ1n) is 7.07. The van der Waals surface area contributed by atoms with Gasteiger partial charge in [0, 0.05) is 6.54 Å². The number of nitrogens with one attached hydrogen (secondary N) is 1. The molecule has 0 saturated carbocycles. The Morgan fingerprint density at radius 2 is 1.94 bits per heavy atom. The number of amides is 1. The highest BCUT2D eigenvalue weighted by Crippen LogP contribution is 2.23. The Hall–Kier alpha value is -0.570. The summed E-state index contributed by atoms with van der Waals surface area (Å²) < 4.78 is 0. The van der Waals surface area contributed by atoms with Gasteiger partial charge in [-0.25, -0.2) is 0 Å². The molecule has 0 aromatic rings. The highest BCUT2D eigenvalue weighted by atomic mass is 16.2. The average molecular weight is 240 g/mol. The molecule has 0 aliphatic carbocycles. The minimum absolute atomic E-state index is 0.0373. The second-order valence-electron chi connectivity index (χ2n) is 5.71. The Morgan fingerprint density at radius 1 is 1.29 bits per heavy atom. The monoisotopic (exact) mass is 240 g/mol. The molecule has 1 saturated heterocycles. The number of hydrogen-bond acceptors (Lipinski definition) is 2. The Kier molecular flexibility index (Phi) is 5.44. The van der Waals surface area contributed by atoms with Crippen LogP contribution in [-0.2, 0) is 4.79 Å². The number of carbonyl (C=O) groups is 1. The smallest absolute Gasteiger partial charge is 0.241 e. The molecule has 0 aromatic heterocycles. The van der Waals surface area contributed by atoms with E-state index < -0.39 is 0 Å². The van der Waals surface area contributed by atoms with Gasteiger partial charge in [-0.15, -0.1) is 0 Å². The molecule has 3 nitrogen and oxygen atoms in total. The van der Waals surface area contributed by atoms with Crippen LogP contribution < -0.4 is 5.32 Å². The normalized spacial score (nSPS) is 26.9. The quantitative estimate of drug-likeness (QED) is 0.774. The van der Waals surface area contributed by atoms with Gasteiger partial charge >= 0.3 is 0 Å². The summed E-state index contributed by atoms with van der Waals surface area (Å²) in [6.07, 6.45) is 3.40. The third-order valence-electron chi connectivity index (χ3n) is 3.67. The second-order valence-corrected chi connectivity index (χ2v) is 5.71. The molecular weight excluding hydrogens is 212 g/mol. The van der Waals surface area contributed by atoms with Crippen LogP contribution in [0, 0.1) is 11.8 Å². The molecule has 17 heavy (non-hydrogen) atoms. The molecule has 1 fully saturated rings. The van der Waals surface area contributed by atoms with Crippen LogP contribution in [-0.4, -0.2) is 29.6 Å². The van der Waals surface area contributed by atoms with E-state index in [-0.39, 0.29) is 12.2 Å². The van der Waals surface area contributed by atoms with Crippen LogP contribution in [0.4, 0.5) is 0 Å². The van der Waals surface area contributed by atoms with Crippen LogP contribution in [0.5, 0.6) is 0 Å². The molecule has 1 heterocycles. The Bertz CT molecular complexity index is 253. The van der Waals surface area contributed by atoms with Crippen molar-refractivity contribution < 1.29 is 4.79 Å². The summed E-state index contributed by atoms with van der Waals surface area (Å²) in [5, 5.41) is 3.53. The van der Waals surface area contributed by atoms with E-state index in [1.807, 2.05) is 0 Å². The van der Waals surface area contributed by atoms with Crippen molar-refractivity contribution in [1.82, 2.24) is 10.2 Å². The minimum atomic E-state index is 0.0373. The van der Waals surface area contributed by atoms with Crippen molar-refractivity contribution in [1.29, 1.82) is 0 Å². The topological polar surface area (TPSA) is 32.3 Å². The van der Waals surface area contributed by atoms with Gasteiger partial charge in [0.2, 0.25) is 5.91 Å². The molecule has 100 valence electrons. The lowest BCUT2D eigenvalue weighted by Gasteiger charge is -2.25. The molecule has 0 bridgehead atoms. The van der Waals surface area contributed by atoms with E-state index in [0.717, 1.165) is 25.8 Å². The largest absolute Gasteiger partial charge is 0.326 e. The maximum Gasteiger partial charge on any atom is 0.241 e. The van der Waals surface area contributed by atoms with E-state index in [0.29, 0.717) is 17.7 Å². The predicted octanol–water partition coefficient (Wildman–Crippen LogP) is 2.62. The molecule has 1 amide bonds. The molecule has 3 heteroatoms. The zero-order valence-corrected chi connectivity index (χ0v) is 12.0. The summed E-state index contributed by atoms with van der Waals surface area (Å²) in [7, 11) is 0. The van der Waals surface area contributed by atoms with Crippen LogP contribution >= 0.6 is 0 Å². The maximum absolute atomic E-state index is 12.4. The SMILES string of the molecule is CCCN1C(=O)C(C(C)CC)NC1CC(C)C. The third-order valence-corrected chi connectivity index (χ3v) is 3.67. The molecule has 0 radical (unpaired) electrons.